The minimum Gasteiger partial charge on any atom is -0.496 e. The summed E-state index contributed by atoms with van der Waals surface area (Å²) in [5.74, 6) is 1.49. The third-order valence-corrected chi connectivity index (χ3v) is 4.99. The number of rotatable bonds is 6. The van der Waals surface area contributed by atoms with Crippen molar-refractivity contribution in [3.63, 3.8) is 0 Å². The van der Waals surface area contributed by atoms with Gasteiger partial charge in [0.25, 0.3) is 0 Å². The Kier molecular flexibility index (Phi) is 6.57. The monoisotopic (exact) mass is 340 g/mol. The molecule has 1 unspecified atom stereocenters. The first-order valence-electron chi connectivity index (χ1n) is 8.38. The molecule has 1 atom stereocenters. The van der Waals surface area contributed by atoms with E-state index in [1.165, 1.54) is 6.42 Å². The molecule has 5 heteroatoms. The van der Waals surface area contributed by atoms with E-state index in [1.807, 2.05) is 12.1 Å². The fourth-order valence-corrected chi connectivity index (χ4v) is 3.67. The summed E-state index contributed by atoms with van der Waals surface area (Å²) in [4.78, 5) is 5.10. The first-order chi connectivity index (χ1) is 11.0. The molecule has 130 valence electrons. The number of ether oxygens (including phenoxy) is 2. The largest absolute Gasteiger partial charge is 0.496 e. The van der Waals surface area contributed by atoms with E-state index < -0.39 is 0 Å². The Bertz CT molecular complexity index is 522. The van der Waals surface area contributed by atoms with Crippen LogP contribution in [-0.2, 0) is 6.54 Å². The molecule has 0 aliphatic carbocycles. The quantitative estimate of drug-likeness (QED) is 0.789. The predicted octanol–water partition coefficient (Wildman–Crippen LogP) is 3.66. The summed E-state index contributed by atoms with van der Waals surface area (Å²) < 4.78 is 10.8. The van der Waals surface area contributed by atoms with E-state index in [0.29, 0.717) is 22.9 Å². The number of hydrogen-bond donors (Lipinski definition) is 0. The molecule has 0 amide bonds. The Labute approximate surface area is 145 Å². The molecule has 0 N–H and O–H groups in total. The minimum absolute atomic E-state index is 0.604. The minimum atomic E-state index is 0.604. The van der Waals surface area contributed by atoms with Gasteiger partial charge in [0.15, 0.2) is 0 Å². The van der Waals surface area contributed by atoms with Gasteiger partial charge in [-0.3, -0.25) is 9.80 Å². The first kappa shape index (κ1) is 18.4. The molecule has 0 bridgehead atoms. The molecule has 1 aromatic carbocycles. The van der Waals surface area contributed by atoms with Crippen molar-refractivity contribution in [2.45, 2.75) is 45.8 Å². The second kappa shape index (κ2) is 8.22. The van der Waals surface area contributed by atoms with Crippen molar-refractivity contribution in [3.8, 4) is 11.5 Å². The lowest BCUT2D eigenvalue weighted by Crippen LogP contribution is -2.54. The van der Waals surface area contributed by atoms with Gasteiger partial charge in [-0.1, -0.05) is 18.5 Å². The van der Waals surface area contributed by atoms with E-state index in [1.54, 1.807) is 14.2 Å². The molecule has 1 fully saturated rings. The standard InChI is InChI=1S/C18H29ClN2O2/c1-6-15-12-20(7-8-21(15)13(2)3)11-14-9-16(19)18(23-5)10-17(14)22-4/h9-10,13,15H,6-8,11-12H2,1-5H3. The van der Waals surface area contributed by atoms with Crippen molar-refractivity contribution < 1.29 is 9.47 Å². The summed E-state index contributed by atoms with van der Waals surface area (Å²) >= 11 is 6.29. The molecule has 23 heavy (non-hydrogen) atoms. The van der Waals surface area contributed by atoms with Crippen LogP contribution in [0.1, 0.15) is 32.8 Å². The van der Waals surface area contributed by atoms with Crippen LogP contribution in [0.3, 0.4) is 0 Å². The third-order valence-electron chi connectivity index (χ3n) is 4.70. The van der Waals surface area contributed by atoms with Crippen molar-refractivity contribution in [1.82, 2.24) is 9.80 Å². The fraction of sp³-hybridized carbons (Fsp3) is 0.667. The van der Waals surface area contributed by atoms with Crippen LogP contribution < -0.4 is 9.47 Å². The molecule has 1 aliphatic heterocycles. The normalized spacial score (nSPS) is 20.0. The molecular weight excluding hydrogens is 312 g/mol. The van der Waals surface area contributed by atoms with Crippen molar-refractivity contribution >= 4 is 11.6 Å². The summed E-state index contributed by atoms with van der Waals surface area (Å²) in [6, 6.07) is 5.06. The highest BCUT2D eigenvalue weighted by Gasteiger charge is 2.27. The van der Waals surface area contributed by atoms with Crippen molar-refractivity contribution in [1.29, 1.82) is 0 Å². The molecule has 0 aromatic heterocycles. The number of benzene rings is 1. The number of halogens is 1. The van der Waals surface area contributed by atoms with Gasteiger partial charge in [-0.05, 0) is 26.3 Å². The number of nitrogens with zero attached hydrogens (tertiary/aromatic N) is 2. The van der Waals surface area contributed by atoms with Gasteiger partial charge in [0.1, 0.15) is 11.5 Å². The van der Waals surface area contributed by atoms with Crippen LogP contribution >= 0.6 is 11.6 Å². The van der Waals surface area contributed by atoms with E-state index in [9.17, 15) is 0 Å². The molecule has 4 nitrogen and oxygen atoms in total. The molecule has 0 saturated carbocycles. The van der Waals surface area contributed by atoms with E-state index in [0.717, 1.165) is 37.5 Å². The predicted molar refractivity (Wildman–Crippen MR) is 95.8 cm³/mol. The molecule has 1 aromatic rings. The SMILES string of the molecule is CCC1CN(Cc2cc(Cl)c(OC)cc2OC)CCN1C(C)C. The number of piperazine rings is 1. The molecular formula is C18H29ClN2O2. The second-order valence-electron chi connectivity index (χ2n) is 6.43. The zero-order chi connectivity index (χ0) is 17.0. The zero-order valence-corrected chi connectivity index (χ0v) is 15.7. The van der Waals surface area contributed by atoms with Crippen molar-refractivity contribution in [2.24, 2.45) is 0 Å². The average Bonchev–Trinajstić information content (AvgIpc) is 2.54. The van der Waals surface area contributed by atoms with Gasteiger partial charge < -0.3 is 9.47 Å². The smallest absolute Gasteiger partial charge is 0.141 e. The number of methoxy groups -OCH3 is 2. The van der Waals surface area contributed by atoms with Crippen LogP contribution in [0, 0.1) is 0 Å². The van der Waals surface area contributed by atoms with Gasteiger partial charge in [-0.25, -0.2) is 0 Å². The van der Waals surface area contributed by atoms with E-state index >= 15 is 0 Å². The maximum absolute atomic E-state index is 6.29. The maximum atomic E-state index is 6.29. The van der Waals surface area contributed by atoms with E-state index in [-0.39, 0.29) is 0 Å². The Morgan fingerprint density at radius 3 is 2.43 bits per heavy atom. The van der Waals surface area contributed by atoms with Gasteiger partial charge in [0, 0.05) is 49.9 Å². The Hall–Kier alpha value is -0.970. The molecule has 1 heterocycles. The summed E-state index contributed by atoms with van der Waals surface area (Å²) in [6.07, 6.45) is 1.18. The van der Waals surface area contributed by atoms with Crippen LogP contribution in [0.4, 0.5) is 0 Å². The number of hydrogen-bond acceptors (Lipinski definition) is 4. The maximum Gasteiger partial charge on any atom is 0.141 e. The Morgan fingerprint density at radius 1 is 1.17 bits per heavy atom. The van der Waals surface area contributed by atoms with Crippen molar-refractivity contribution in [3.05, 3.63) is 22.7 Å². The highest BCUT2D eigenvalue weighted by Crippen LogP contribution is 2.33. The van der Waals surface area contributed by atoms with Crippen LogP contribution in [0.15, 0.2) is 12.1 Å². The van der Waals surface area contributed by atoms with Gasteiger partial charge in [0.05, 0.1) is 19.2 Å². The van der Waals surface area contributed by atoms with Crippen LogP contribution in [0.25, 0.3) is 0 Å². The van der Waals surface area contributed by atoms with Gasteiger partial charge in [0.2, 0.25) is 0 Å². The fourth-order valence-electron chi connectivity index (χ4n) is 3.41. The Balaban J connectivity index is 2.12. The highest BCUT2D eigenvalue weighted by atomic mass is 35.5. The molecule has 1 aliphatic rings. The van der Waals surface area contributed by atoms with Crippen LogP contribution in [-0.4, -0.2) is 55.7 Å². The lowest BCUT2D eigenvalue weighted by Gasteiger charge is -2.43. The van der Waals surface area contributed by atoms with Gasteiger partial charge in [-0.15, -0.1) is 0 Å². The lowest BCUT2D eigenvalue weighted by atomic mass is 10.1. The van der Waals surface area contributed by atoms with Crippen LogP contribution in [0.2, 0.25) is 5.02 Å². The average molecular weight is 341 g/mol. The topological polar surface area (TPSA) is 24.9 Å². The molecule has 2 rings (SSSR count). The van der Waals surface area contributed by atoms with E-state index in [4.69, 9.17) is 21.1 Å². The van der Waals surface area contributed by atoms with Gasteiger partial charge in [-0.2, -0.15) is 0 Å². The van der Waals surface area contributed by atoms with E-state index in [2.05, 4.69) is 30.6 Å². The highest BCUT2D eigenvalue weighted by molar-refractivity contribution is 6.32. The Morgan fingerprint density at radius 2 is 1.87 bits per heavy atom. The molecule has 0 radical (unpaired) electrons. The summed E-state index contributed by atoms with van der Waals surface area (Å²) in [7, 11) is 3.31. The molecule has 1 saturated heterocycles. The summed E-state index contributed by atoms with van der Waals surface area (Å²) in [5.41, 5.74) is 1.12. The first-order valence-corrected chi connectivity index (χ1v) is 8.76. The van der Waals surface area contributed by atoms with Crippen molar-refractivity contribution in [2.75, 3.05) is 33.9 Å². The van der Waals surface area contributed by atoms with Crippen LogP contribution in [0.5, 0.6) is 11.5 Å². The summed E-state index contributed by atoms with van der Waals surface area (Å²) in [6.45, 7) is 11.0. The lowest BCUT2D eigenvalue weighted by molar-refractivity contribution is 0.0453. The van der Waals surface area contributed by atoms with Gasteiger partial charge >= 0.3 is 0 Å². The second-order valence-corrected chi connectivity index (χ2v) is 6.83. The summed E-state index contributed by atoms with van der Waals surface area (Å²) in [5, 5.41) is 0.635. The third kappa shape index (κ3) is 4.31. The molecule has 0 spiro atoms. The zero-order valence-electron chi connectivity index (χ0n) is 14.9.